The van der Waals surface area contributed by atoms with Gasteiger partial charge in [-0.15, -0.1) is 11.3 Å². The summed E-state index contributed by atoms with van der Waals surface area (Å²) in [5.74, 6) is -0.00210. The van der Waals surface area contributed by atoms with Crippen molar-refractivity contribution in [2.24, 2.45) is 0 Å². The number of hydrogen-bond donors (Lipinski definition) is 1. The van der Waals surface area contributed by atoms with E-state index in [1.54, 1.807) is 22.3 Å². The lowest BCUT2D eigenvalue weighted by molar-refractivity contribution is -0.857. The van der Waals surface area contributed by atoms with Gasteiger partial charge in [0.2, 0.25) is 5.76 Å². The number of nitrogens with one attached hydrogen (secondary N) is 1. The van der Waals surface area contributed by atoms with Crippen LogP contribution in [0.1, 0.15) is 32.6 Å². The Morgan fingerprint density at radius 1 is 1.23 bits per heavy atom. The maximum atomic E-state index is 13.3. The average Bonchev–Trinajstić information content (AvgIpc) is 3.21. The van der Waals surface area contributed by atoms with Gasteiger partial charge in [0.15, 0.2) is 5.43 Å². The van der Waals surface area contributed by atoms with Crippen LogP contribution in [0.25, 0.3) is 11.0 Å². The Bertz CT molecular complexity index is 1040. The minimum Gasteiger partial charge on any atom is -0.450 e. The van der Waals surface area contributed by atoms with Crippen LogP contribution in [-0.4, -0.2) is 38.0 Å². The molecule has 0 spiro atoms. The second-order valence-electron chi connectivity index (χ2n) is 7.05. The number of rotatable bonds is 4. The Balaban J connectivity index is 1.94. The summed E-state index contributed by atoms with van der Waals surface area (Å²) >= 11 is 1.56. The predicted octanol–water partition coefficient (Wildman–Crippen LogP) is 1.85. The Hall–Kier alpha value is -2.44. The van der Waals surface area contributed by atoms with Gasteiger partial charge in [-0.25, -0.2) is 0 Å². The number of quaternary nitrogens is 1. The molecular formula is C20H21N2O3S+. The third-order valence-corrected chi connectivity index (χ3v) is 5.71. The first-order valence-corrected chi connectivity index (χ1v) is 9.56. The lowest BCUT2D eigenvalue weighted by Crippen LogP contribution is -3.06. The Labute approximate surface area is 155 Å². The van der Waals surface area contributed by atoms with Crippen molar-refractivity contribution in [1.82, 2.24) is 4.90 Å². The molecule has 0 bridgehead atoms. The zero-order valence-corrected chi connectivity index (χ0v) is 15.9. The van der Waals surface area contributed by atoms with E-state index >= 15 is 0 Å². The number of benzene rings is 1. The molecule has 3 heterocycles. The van der Waals surface area contributed by atoms with Crippen LogP contribution in [0.2, 0.25) is 0 Å². The van der Waals surface area contributed by atoms with Gasteiger partial charge in [-0.1, -0.05) is 17.7 Å². The molecular weight excluding hydrogens is 348 g/mol. The van der Waals surface area contributed by atoms with Gasteiger partial charge in [-0.05, 0) is 30.5 Å². The highest BCUT2D eigenvalue weighted by atomic mass is 32.1. The van der Waals surface area contributed by atoms with Gasteiger partial charge in [-0.3, -0.25) is 9.59 Å². The summed E-state index contributed by atoms with van der Waals surface area (Å²) in [6.45, 7) is 3.32. The molecule has 0 unspecified atom stereocenters. The zero-order valence-electron chi connectivity index (χ0n) is 15.0. The maximum absolute atomic E-state index is 13.3. The van der Waals surface area contributed by atoms with E-state index in [0.717, 1.165) is 17.0 Å². The molecule has 4 rings (SSSR count). The van der Waals surface area contributed by atoms with Gasteiger partial charge in [0.1, 0.15) is 5.58 Å². The van der Waals surface area contributed by atoms with Crippen molar-refractivity contribution in [3.05, 3.63) is 67.7 Å². The fourth-order valence-corrected chi connectivity index (χ4v) is 4.30. The van der Waals surface area contributed by atoms with E-state index in [-0.39, 0.29) is 23.1 Å². The molecule has 1 N–H and O–H groups in total. The third kappa shape index (κ3) is 2.66. The fraction of sp³-hybridized carbons (Fsp3) is 0.300. The summed E-state index contributed by atoms with van der Waals surface area (Å²) in [5, 5.41) is 2.51. The summed E-state index contributed by atoms with van der Waals surface area (Å²) < 4.78 is 5.92. The van der Waals surface area contributed by atoms with Crippen LogP contribution in [0.3, 0.4) is 0 Å². The van der Waals surface area contributed by atoms with Crippen LogP contribution >= 0.6 is 11.3 Å². The van der Waals surface area contributed by atoms with E-state index in [9.17, 15) is 9.59 Å². The van der Waals surface area contributed by atoms with Gasteiger partial charge in [0.05, 0.1) is 44.2 Å². The second-order valence-corrected chi connectivity index (χ2v) is 8.03. The summed E-state index contributed by atoms with van der Waals surface area (Å²) in [4.78, 5) is 30.4. The molecule has 0 saturated heterocycles. The lowest BCUT2D eigenvalue weighted by atomic mass is 10.0. The smallest absolute Gasteiger partial charge is 0.291 e. The van der Waals surface area contributed by atoms with Crippen molar-refractivity contribution in [3.8, 4) is 0 Å². The maximum Gasteiger partial charge on any atom is 0.291 e. The number of carbonyl (C=O) groups is 1. The normalized spacial score (nSPS) is 16.7. The molecule has 1 aliphatic rings. The van der Waals surface area contributed by atoms with Crippen LogP contribution in [0.5, 0.6) is 0 Å². The first-order valence-electron chi connectivity index (χ1n) is 8.68. The third-order valence-electron chi connectivity index (χ3n) is 4.79. The molecule has 26 heavy (non-hydrogen) atoms. The summed E-state index contributed by atoms with van der Waals surface area (Å²) in [6, 6.07) is 9.06. The van der Waals surface area contributed by atoms with Crippen molar-refractivity contribution in [2.75, 3.05) is 27.2 Å². The standard InChI is InChI=1S/C20H20N2O3S/c1-12-6-7-14-13(11-12)18(23)16-17(15-5-4-10-26-15)22(9-8-21(2)3)20(24)19(16)25-14/h4-7,10-11,17H,8-9H2,1-3H3/p+1/t17-/m0/s1. The number of hydrogen-bond acceptors (Lipinski definition) is 4. The first-order chi connectivity index (χ1) is 12.5. The van der Waals surface area contributed by atoms with E-state index in [2.05, 4.69) is 0 Å². The number of nitrogens with zero attached hydrogens (tertiary/aromatic N) is 1. The van der Waals surface area contributed by atoms with E-state index in [1.807, 2.05) is 50.7 Å². The molecule has 6 heteroatoms. The molecule has 1 aromatic carbocycles. The first kappa shape index (κ1) is 17.0. The Morgan fingerprint density at radius 3 is 2.73 bits per heavy atom. The Morgan fingerprint density at radius 2 is 2.04 bits per heavy atom. The van der Waals surface area contributed by atoms with E-state index in [4.69, 9.17) is 4.42 Å². The van der Waals surface area contributed by atoms with Gasteiger partial charge in [0, 0.05) is 4.88 Å². The molecule has 0 aliphatic carbocycles. The van der Waals surface area contributed by atoms with Gasteiger partial charge >= 0.3 is 0 Å². The topological polar surface area (TPSA) is 55.0 Å². The van der Waals surface area contributed by atoms with E-state index in [1.165, 1.54) is 4.90 Å². The minimum absolute atomic E-state index is 0.101. The number of thiophene rings is 1. The number of carbonyl (C=O) groups excluding carboxylic acids is 1. The molecule has 0 fully saturated rings. The highest BCUT2D eigenvalue weighted by Gasteiger charge is 2.43. The van der Waals surface area contributed by atoms with Gasteiger partial charge < -0.3 is 14.2 Å². The van der Waals surface area contributed by atoms with Crippen LogP contribution in [0, 0.1) is 6.92 Å². The average molecular weight is 369 g/mol. The van der Waals surface area contributed by atoms with Crippen molar-refractivity contribution in [3.63, 3.8) is 0 Å². The molecule has 134 valence electrons. The largest absolute Gasteiger partial charge is 0.450 e. The van der Waals surface area contributed by atoms with Crippen molar-refractivity contribution in [2.45, 2.75) is 13.0 Å². The van der Waals surface area contributed by atoms with Crippen LogP contribution in [-0.2, 0) is 0 Å². The van der Waals surface area contributed by atoms with Gasteiger partial charge in [-0.2, -0.15) is 0 Å². The quantitative estimate of drug-likeness (QED) is 0.764. The fourth-order valence-electron chi connectivity index (χ4n) is 3.45. The monoisotopic (exact) mass is 369 g/mol. The molecule has 0 radical (unpaired) electrons. The predicted molar refractivity (Wildman–Crippen MR) is 102 cm³/mol. The highest BCUT2D eigenvalue weighted by Crippen LogP contribution is 2.39. The number of fused-ring (bicyclic) bond motifs is 2. The highest BCUT2D eigenvalue weighted by molar-refractivity contribution is 7.10. The van der Waals surface area contributed by atoms with Crippen molar-refractivity contribution in [1.29, 1.82) is 0 Å². The zero-order chi connectivity index (χ0) is 18.4. The SMILES string of the molecule is Cc1ccc2oc3c(c(=O)c2c1)[C@H](c1cccs1)N(CC[NH+](C)C)C3=O. The molecule has 2 aromatic heterocycles. The summed E-state index contributed by atoms with van der Waals surface area (Å²) in [6.07, 6.45) is 0. The lowest BCUT2D eigenvalue weighted by Gasteiger charge is -2.24. The minimum atomic E-state index is -0.363. The summed E-state index contributed by atoms with van der Waals surface area (Å²) in [7, 11) is 4.10. The number of aryl methyl sites for hydroxylation is 1. The van der Waals surface area contributed by atoms with Gasteiger partial charge in [0.25, 0.3) is 5.91 Å². The van der Waals surface area contributed by atoms with Crippen LogP contribution < -0.4 is 10.3 Å². The number of amides is 1. The molecule has 1 atom stereocenters. The summed E-state index contributed by atoms with van der Waals surface area (Å²) in [5.41, 5.74) is 1.84. The van der Waals surface area contributed by atoms with Crippen LogP contribution in [0.4, 0.5) is 0 Å². The number of likely N-dealkylation sites (N-methyl/N-ethyl adjacent to an activating group) is 1. The van der Waals surface area contributed by atoms with Crippen molar-refractivity contribution < 1.29 is 14.1 Å². The van der Waals surface area contributed by atoms with E-state index < -0.39 is 0 Å². The molecule has 5 nitrogen and oxygen atoms in total. The molecule has 1 aliphatic heterocycles. The second kappa shape index (κ2) is 6.37. The Kier molecular flexibility index (Phi) is 4.17. The molecule has 0 saturated carbocycles. The van der Waals surface area contributed by atoms with Crippen molar-refractivity contribution >= 4 is 28.2 Å². The molecule has 3 aromatic rings. The van der Waals surface area contributed by atoms with Crippen LogP contribution in [0.15, 0.2) is 44.9 Å². The molecule has 1 amide bonds. The van der Waals surface area contributed by atoms with E-state index in [0.29, 0.717) is 23.1 Å².